The maximum Gasteiger partial charge on any atom is 0.361 e. The Hall–Kier alpha value is -1.32. The fourth-order valence-electron chi connectivity index (χ4n) is 2.15. The van der Waals surface area contributed by atoms with Gasteiger partial charge in [-0.2, -0.15) is 0 Å². The molecule has 3 aromatic rings. The predicted molar refractivity (Wildman–Crippen MR) is 94.1 cm³/mol. The molecule has 0 radical (unpaired) electrons. The molecular formula is C18H13Br2ClO5. The van der Waals surface area contributed by atoms with Crippen LogP contribution in [0, 0.1) is 17.2 Å². The van der Waals surface area contributed by atoms with Gasteiger partial charge in [0.1, 0.15) is 0 Å². The first kappa shape index (κ1) is 21.0. The Morgan fingerprint density at radius 1 is 0.692 bits per heavy atom. The van der Waals surface area contributed by atoms with Crippen LogP contribution < -0.4 is 18.6 Å². The summed E-state index contributed by atoms with van der Waals surface area (Å²) in [6, 6.07) is 20.4. The fraction of sp³-hybridized carbons (Fsp3) is 0.0556. The van der Waals surface area contributed by atoms with E-state index in [2.05, 4.69) is 50.9 Å². The van der Waals surface area contributed by atoms with E-state index in [4.69, 9.17) is 23.1 Å². The van der Waals surface area contributed by atoms with Crippen LogP contribution >= 0.6 is 31.9 Å². The van der Waals surface area contributed by atoms with Crippen molar-refractivity contribution in [2.24, 2.45) is 0 Å². The molecule has 0 spiro atoms. The van der Waals surface area contributed by atoms with Gasteiger partial charge < -0.3 is 0 Å². The van der Waals surface area contributed by atoms with Crippen LogP contribution in [0.5, 0.6) is 0 Å². The third-order valence-corrected chi connectivity index (χ3v) is 4.25. The van der Waals surface area contributed by atoms with Crippen LogP contribution in [0.15, 0.2) is 74.0 Å². The van der Waals surface area contributed by atoms with Crippen LogP contribution in [0.4, 0.5) is 0 Å². The van der Waals surface area contributed by atoms with Crippen LogP contribution in [-0.2, 0) is 0 Å². The molecule has 0 aliphatic rings. The van der Waals surface area contributed by atoms with E-state index >= 15 is 0 Å². The largest absolute Gasteiger partial charge is 0.361 e. The lowest BCUT2D eigenvalue weighted by Crippen LogP contribution is -2.68. The first-order valence-corrected chi connectivity index (χ1v) is 10.0. The minimum absolute atomic E-state index is 0.875. The molecule has 3 rings (SSSR count). The molecule has 0 atom stereocenters. The number of hydrogen-bond acceptors (Lipinski definition) is 4. The van der Waals surface area contributed by atoms with Gasteiger partial charge in [-0.3, -0.25) is 0 Å². The summed E-state index contributed by atoms with van der Waals surface area (Å²) >= 11 is 6.91. The van der Waals surface area contributed by atoms with Crippen molar-refractivity contribution in [3.63, 3.8) is 0 Å². The molecule has 8 heteroatoms. The van der Waals surface area contributed by atoms with Gasteiger partial charge in [-0.05, 0) is 61.0 Å². The highest BCUT2D eigenvalue weighted by Gasteiger charge is 2.18. The smallest absolute Gasteiger partial charge is 0.222 e. The van der Waals surface area contributed by atoms with Crippen molar-refractivity contribution in [3.8, 4) is 22.6 Å². The van der Waals surface area contributed by atoms with Crippen molar-refractivity contribution in [2.75, 3.05) is 0 Å². The van der Waals surface area contributed by atoms with Gasteiger partial charge in [0, 0.05) is 21.1 Å². The molecule has 136 valence electrons. The zero-order valence-corrected chi connectivity index (χ0v) is 17.4. The quantitative estimate of drug-likeness (QED) is 0.497. The highest BCUT2D eigenvalue weighted by Crippen LogP contribution is 2.29. The molecule has 1 aromatic heterocycles. The van der Waals surface area contributed by atoms with Gasteiger partial charge in [0.2, 0.25) is 0 Å². The van der Waals surface area contributed by atoms with Gasteiger partial charge in [-0.1, -0.05) is 31.9 Å². The molecule has 0 saturated heterocycles. The van der Waals surface area contributed by atoms with Crippen LogP contribution in [0.25, 0.3) is 22.6 Å². The summed E-state index contributed by atoms with van der Waals surface area (Å²) in [5, 5.41) is 0. The summed E-state index contributed by atoms with van der Waals surface area (Å²) in [6.45, 7) is 2.08. The van der Waals surface area contributed by atoms with Crippen molar-refractivity contribution in [2.45, 2.75) is 6.92 Å². The monoisotopic (exact) mass is 502 g/mol. The minimum Gasteiger partial charge on any atom is -0.222 e. The van der Waals surface area contributed by atoms with E-state index < -0.39 is 10.2 Å². The summed E-state index contributed by atoms with van der Waals surface area (Å²) in [4.78, 5) is 0. The van der Waals surface area contributed by atoms with Crippen molar-refractivity contribution in [1.82, 2.24) is 0 Å². The normalized spacial score (nSPS) is 10.9. The Labute approximate surface area is 169 Å². The second-order valence-electron chi connectivity index (χ2n) is 5.26. The summed E-state index contributed by atoms with van der Waals surface area (Å²) < 4.78 is 42.2. The maximum absolute atomic E-state index is 8.49. The molecule has 5 nitrogen and oxygen atoms in total. The number of benzene rings is 2. The number of rotatable bonds is 2. The lowest BCUT2D eigenvalue weighted by molar-refractivity contribution is -2.00. The summed E-state index contributed by atoms with van der Waals surface area (Å²) in [5.41, 5.74) is 3.32. The Bertz CT molecular complexity index is 792. The van der Waals surface area contributed by atoms with E-state index in [1.807, 2.05) is 48.5 Å². The first-order chi connectivity index (χ1) is 12.1. The van der Waals surface area contributed by atoms with Gasteiger partial charge in [0.25, 0.3) is 0 Å². The molecule has 0 bridgehead atoms. The van der Waals surface area contributed by atoms with Gasteiger partial charge in [-0.15, -0.1) is 10.2 Å². The lowest BCUT2D eigenvalue weighted by atomic mass is 10.1. The number of halogens is 3. The Morgan fingerprint density at radius 3 is 1.31 bits per heavy atom. The number of hydrogen-bond donors (Lipinski definition) is 0. The SMILES string of the molecule is Cc1cc(-c2ccc(Br)cc2)[o+]c(-c2ccc(Br)cc2)c1.[O-][Cl+3]([O-])([O-])[O-]. The molecular weight excluding hydrogens is 491 g/mol. The zero-order chi connectivity index (χ0) is 19.3. The average Bonchev–Trinajstić information content (AvgIpc) is 2.54. The predicted octanol–water partition coefficient (Wildman–Crippen LogP) is 1.97. The van der Waals surface area contributed by atoms with Gasteiger partial charge in [0.05, 0.1) is 11.1 Å². The van der Waals surface area contributed by atoms with E-state index in [1.54, 1.807) is 0 Å². The summed E-state index contributed by atoms with van der Waals surface area (Å²) in [7, 11) is -4.94. The molecule has 26 heavy (non-hydrogen) atoms. The number of aryl methyl sites for hydroxylation is 1. The Kier molecular flexibility index (Phi) is 7.31. The molecule has 1 heterocycles. The highest BCUT2D eigenvalue weighted by molar-refractivity contribution is 9.10. The molecule has 0 aliphatic carbocycles. The summed E-state index contributed by atoms with van der Waals surface area (Å²) in [6.07, 6.45) is 0. The van der Waals surface area contributed by atoms with Crippen molar-refractivity contribution in [3.05, 3.63) is 75.2 Å². The van der Waals surface area contributed by atoms with Crippen LogP contribution in [0.2, 0.25) is 0 Å². The molecule has 0 aliphatic heterocycles. The highest BCUT2D eigenvalue weighted by atomic mass is 79.9. The third kappa shape index (κ3) is 7.13. The van der Waals surface area contributed by atoms with Crippen LogP contribution in [0.1, 0.15) is 5.56 Å². The van der Waals surface area contributed by atoms with E-state index in [-0.39, 0.29) is 0 Å². The van der Waals surface area contributed by atoms with Gasteiger partial charge in [0.15, 0.2) is 0 Å². The lowest BCUT2D eigenvalue weighted by Gasteiger charge is -2.17. The Balaban J connectivity index is 0.000000431. The molecule has 0 N–H and O–H groups in total. The second-order valence-corrected chi connectivity index (χ2v) is 7.84. The molecule has 0 amide bonds. The fourth-order valence-corrected chi connectivity index (χ4v) is 2.67. The minimum atomic E-state index is -4.94. The maximum atomic E-state index is 8.49. The van der Waals surface area contributed by atoms with Crippen molar-refractivity contribution < 1.29 is 33.3 Å². The standard InChI is InChI=1S/C18H13Br2O.ClHO4/c1-12-10-17(13-2-6-15(19)7-3-13)21-18(11-12)14-4-8-16(20)9-5-14;2-1(3,4)5/h2-11H,1H3;(H,2,3,4,5)/q+1;/p-1. The molecule has 2 aromatic carbocycles. The van der Waals surface area contributed by atoms with E-state index in [1.165, 1.54) is 5.56 Å². The first-order valence-electron chi connectivity index (χ1n) is 7.20. The molecule has 0 saturated carbocycles. The van der Waals surface area contributed by atoms with Crippen molar-refractivity contribution in [1.29, 1.82) is 0 Å². The topological polar surface area (TPSA) is 104 Å². The van der Waals surface area contributed by atoms with Crippen LogP contribution in [-0.4, -0.2) is 0 Å². The Morgan fingerprint density at radius 2 is 1.00 bits per heavy atom. The second kappa shape index (κ2) is 9.05. The summed E-state index contributed by atoms with van der Waals surface area (Å²) in [5.74, 6) is 1.75. The van der Waals surface area contributed by atoms with Crippen LogP contribution in [0.3, 0.4) is 0 Å². The zero-order valence-electron chi connectivity index (χ0n) is 13.4. The van der Waals surface area contributed by atoms with Gasteiger partial charge >= 0.3 is 11.5 Å². The molecule has 0 fully saturated rings. The molecule has 0 unspecified atom stereocenters. The van der Waals surface area contributed by atoms with Crippen molar-refractivity contribution >= 4 is 31.9 Å². The average molecular weight is 505 g/mol. The van der Waals surface area contributed by atoms with E-state index in [9.17, 15) is 0 Å². The third-order valence-electron chi connectivity index (χ3n) is 3.19. The van der Waals surface area contributed by atoms with E-state index in [0.717, 1.165) is 31.6 Å². The van der Waals surface area contributed by atoms with E-state index in [0.29, 0.717) is 0 Å². The van der Waals surface area contributed by atoms with Gasteiger partial charge in [-0.25, -0.2) is 23.1 Å².